The van der Waals surface area contributed by atoms with Crippen molar-refractivity contribution in [3.63, 3.8) is 0 Å². The molecule has 1 saturated heterocycles. The highest BCUT2D eigenvalue weighted by Crippen LogP contribution is 2.26. The van der Waals surface area contributed by atoms with Crippen LogP contribution in [-0.2, 0) is 11.3 Å². The van der Waals surface area contributed by atoms with Crippen molar-refractivity contribution in [2.24, 2.45) is 17.6 Å². The van der Waals surface area contributed by atoms with Crippen molar-refractivity contribution in [3.8, 4) is 0 Å². The van der Waals surface area contributed by atoms with Crippen molar-refractivity contribution in [1.29, 1.82) is 0 Å². The molecule has 2 aliphatic rings. The number of oxazole rings is 1. The number of nitrogens with two attached hydrogens (primary N) is 1. The summed E-state index contributed by atoms with van der Waals surface area (Å²) in [6.45, 7) is 7.59. The minimum Gasteiger partial charge on any atom is -0.444 e. The van der Waals surface area contributed by atoms with Crippen molar-refractivity contribution in [2.75, 3.05) is 19.6 Å². The van der Waals surface area contributed by atoms with Gasteiger partial charge in [-0.05, 0) is 64.5 Å². The van der Waals surface area contributed by atoms with Crippen LogP contribution in [0.5, 0.6) is 0 Å². The smallest absolute Gasteiger partial charge is 0.220 e. The van der Waals surface area contributed by atoms with E-state index in [9.17, 15) is 4.79 Å². The standard InChI is InChI=1S/C19H32N4O2.2ClH/c1-13-14(2)25-19(22-13)12-23-8-6-15(7-9-23)11-21-18(24)10-16-4-3-5-17(16)20;;/h15-17H,3-12,20H2,1-2H3,(H,21,24);2*1H/t16-,17+;;/m0../s1. The number of halogens is 2. The number of aromatic nitrogens is 1. The molecule has 156 valence electrons. The lowest BCUT2D eigenvalue weighted by Crippen LogP contribution is -2.39. The zero-order valence-electron chi connectivity index (χ0n) is 16.4. The largest absolute Gasteiger partial charge is 0.444 e. The van der Waals surface area contributed by atoms with Crippen LogP contribution in [0.1, 0.15) is 55.9 Å². The Bertz CT molecular complexity index is 569. The van der Waals surface area contributed by atoms with Gasteiger partial charge in [-0.3, -0.25) is 9.69 Å². The van der Waals surface area contributed by atoms with E-state index in [0.29, 0.717) is 18.3 Å². The molecule has 0 bridgehead atoms. The van der Waals surface area contributed by atoms with Gasteiger partial charge in [-0.15, -0.1) is 24.8 Å². The maximum atomic E-state index is 12.1. The molecule has 3 N–H and O–H groups in total. The number of aryl methyl sites for hydroxylation is 2. The summed E-state index contributed by atoms with van der Waals surface area (Å²) in [4.78, 5) is 19.0. The lowest BCUT2D eigenvalue weighted by atomic mass is 9.96. The minimum atomic E-state index is 0. The van der Waals surface area contributed by atoms with Crippen LogP contribution in [0, 0.1) is 25.7 Å². The Morgan fingerprint density at radius 1 is 1.22 bits per heavy atom. The molecule has 8 heteroatoms. The number of nitrogens with zero attached hydrogens (tertiary/aromatic N) is 2. The summed E-state index contributed by atoms with van der Waals surface area (Å²) in [5.41, 5.74) is 7.04. The number of rotatable bonds is 6. The molecule has 1 amide bonds. The molecule has 2 fully saturated rings. The molecule has 1 saturated carbocycles. The quantitative estimate of drug-likeness (QED) is 0.738. The molecule has 1 aliphatic heterocycles. The fraction of sp³-hybridized carbons (Fsp3) is 0.789. The third-order valence-corrected chi connectivity index (χ3v) is 5.89. The van der Waals surface area contributed by atoms with Crippen LogP contribution >= 0.6 is 24.8 Å². The first kappa shape index (κ1) is 24.2. The van der Waals surface area contributed by atoms with Crippen LogP contribution in [0.3, 0.4) is 0 Å². The van der Waals surface area contributed by atoms with E-state index in [-0.39, 0.29) is 36.8 Å². The lowest BCUT2D eigenvalue weighted by Gasteiger charge is -2.31. The fourth-order valence-electron chi connectivity index (χ4n) is 4.03. The Morgan fingerprint density at radius 3 is 2.48 bits per heavy atom. The van der Waals surface area contributed by atoms with Crippen LogP contribution in [-0.4, -0.2) is 41.5 Å². The van der Waals surface area contributed by atoms with E-state index < -0.39 is 0 Å². The Kier molecular flexibility index (Phi) is 10.1. The maximum absolute atomic E-state index is 12.1. The van der Waals surface area contributed by atoms with E-state index >= 15 is 0 Å². The SMILES string of the molecule is Cc1nc(CN2CCC(CNC(=O)C[C@@H]3CCC[C@H]3N)CC2)oc1C.Cl.Cl. The zero-order valence-corrected chi connectivity index (χ0v) is 18.0. The molecule has 1 aliphatic carbocycles. The number of hydrogen-bond acceptors (Lipinski definition) is 5. The second-order valence-corrected chi connectivity index (χ2v) is 7.83. The molecule has 0 spiro atoms. The highest BCUT2D eigenvalue weighted by Gasteiger charge is 2.26. The summed E-state index contributed by atoms with van der Waals surface area (Å²) < 4.78 is 5.67. The Morgan fingerprint density at radius 2 is 1.93 bits per heavy atom. The second-order valence-electron chi connectivity index (χ2n) is 7.83. The van der Waals surface area contributed by atoms with Crippen molar-refractivity contribution in [1.82, 2.24) is 15.2 Å². The van der Waals surface area contributed by atoms with E-state index in [1.807, 2.05) is 13.8 Å². The average molecular weight is 421 g/mol. The molecule has 2 atom stereocenters. The molecule has 0 radical (unpaired) electrons. The molecule has 2 heterocycles. The Balaban J connectivity index is 0.00000182. The normalized spacial score (nSPS) is 23.5. The summed E-state index contributed by atoms with van der Waals surface area (Å²) in [7, 11) is 0. The number of likely N-dealkylation sites (tertiary alicyclic amines) is 1. The summed E-state index contributed by atoms with van der Waals surface area (Å²) in [5.74, 6) is 2.86. The van der Waals surface area contributed by atoms with E-state index in [4.69, 9.17) is 10.2 Å². The van der Waals surface area contributed by atoms with E-state index in [1.54, 1.807) is 0 Å². The first-order valence-corrected chi connectivity index (χ1v) is 9.69. The first-order valence-electron chi connectivity index (χ1n) is 9.69. The summed E-state index contributed by atoms with van der Waals surface area (Å²) in [6, 6.07) is 0.219. The van der Waals surface area contributed by atoms with Gasteiger partial charge in [-0.25, -0.2) is 4.98 Å². The minimum absolute atomic E-state index is 0. The van der Waals surface area contributed by atoms with Crippen LogP contribution in [0.4, 0.5) is 0 Å². The van der Waals surface area contributed by atoms with E-state index in [2.05, 4.69) is 15.2 Å². The van der Waals surface area contributed by atoms with Gasteiger partial charge in [0.15, 0.2) is 0 Å². The summed E-state index contributed by atoms with van der Waals surface area (Å²) in [6.07, 6.45) is 6.17. The Hall–Kier alpha value is -0.820. The molecule has 0 unspecified atom stereocenters. The predicted octanol–water partition coefficient (Wildman–Crippen LogP) is 2.98. The number of hydrogen-bond donors (Lipinski definition) is 2. The third-order valence-electron chi connectivity index (χ3n) is 5.89. The summed E-state index contributed by atoms with van der Waals surface area (Å²) in [5, 5.41) is 3.13. The van der Waals surface area contributed by atoms with Gasteiger partial charge in [-0.1, -0.05) is 6.42 Å². The number of carbonyl (C=O) groups is 1. The highest BCUT2D eigenvalue weighted by molar-refractivity contribution is 5.85. The van der Waals surface area contributed by atoms with Gasteiger partial charge in [0.25, 0.3) is 0 Å². The third kappa shape index (κ3) is 6.93. The molecule has 6 nitrogen and oxygen atoms in total. The number of nitrogens with one attached hydrogen (secondary N) is 1. The number of piperidine rings is 1. The van der Waals surface area contributed by atoms with Crippen LogP contribution in [0.2, 0.25) is 0 Å². The maximum Gasteiger partial charge on any atom is 0.220 e. The molecular formula is C19H34Cl2N4O2. The molecule has 1 aromatic rings. The number of amides is 1. The van der Waals surface area contributed by atoms with Gasteiger partial charge in [0, 0.05) is 19.0 Å². The van der Waals surface area contributed by atoms with Gasteiger partial charge >= 0.3 is 0 Å². The predicted molar refractivity (Wildman–Crippen MR) is 111 cm³/mol. The molecule has 1 aromatic heterocycles. The zero-order chi connectivity index (χ0) is 17.8. The van der Waals surface area contributed by atoms with Crippen molar-refractivity contribution in [3.05, 3.63) is 17.3 Å². The number of carbonyl (C=O) groups excluding carboxylic acids is 1. The highest BCUT2D eigenvalue weighted by atomic mass is 35.5. The molecular weight excluding hydrogens is 387 g/mol. The van der Waals surface area contributed by atoms with Crippen molar-refractivity contribution >= 4 is 30.7 Å². The van der Waals surface area contributed by atoms with Gasteiger partial charge < -0.3 is 15.5 Å². The second kappa shape index (κ2) is 11.2. The van der Waals surface area contributed by atoms with Crippen LogP contribution in [0.25, 0.3) is 0 Å². The van der Waals surface area contributed by atoms with Gasteiger partial charge in [0.05, 0.1) is 12.2 Å². The fourth-order valence-corrected chi connectivity index (χ4v) is 4.03. The first-order chi connectivity index (χ1) is 12.0. The van der Waals surface area contributed by atoms with E-state index in [1.165, 1.54) is 6.42 Å². The monoisotopic (exact) mass is 420 g/mol. The van der Waals surface area contributed by atoms with E-state index in [0.717, 1.165) is 69.2 Å². The molecule has 3 rings (SSSR count). The van der Waals surface area contributed by atoms with Crippen molar-refractivity contribution in [2.45, 2.75) is 65.0 Å². The molecule has 27 heavy (non-hydrogen) atoms. The molecule has 0 aromatic carbocycles. The van der Waals surface area contributed by atoms with Gasteiger partial charge in [-0.2, -0.15) is 0 Å². The summed E-state index contributed by atoms with van der Waals surface area (Å²) >= 11 is 0. The van der Waals surface area contributed by atoms with Gasteiger partial charge in [0.1, 0.15) is 5.76 Å². The van der Waals surface area contributed by atoms with Crippen LogP contribution in [0.15, 0.2) is 4.42 Å². The van der Waals surface area contributed by atoms with Gasteiger partial charge in [0.2, 0.25) is 11.8 Å². The lowest BCUT2D eigenvalue weighted by molar-refractivity contribution is -0.122. The average Bonchev–Trinajstić information content (AvgIpc) is 3.12. The van der Waals surface area contributed by atoms with Crippen molar-refractivity contribution < 1.29 is 9.21 Å². The Labute approximate surface area is 174 Å². The topological polar surface area (TPSA) is 84.4 Å². The van der Waals surface area contributed by atoms with Crippen LogP contribution < -0.4 is 11.1 Å².